The molecule has 5 atom stereocenters. The fourth-order valence-electron chi connectivity index (χ4n) is 13.4. The Balaban J connectivity index is 5.22. The molecule has 17 nitrogen and oxygen atoms in total. The lowest BCUT2D eigenvalue weighted by molar-refractivity contribution is -0.161. The molecular formula is C86H168O17P2. The second kappa shape index (κ2) is 77.4. The van der Waals surface area contributed by atoms with Crippen molar-refractivity contribution >= 4 is 39.5 Å². The molecule has 0 saturated heterocycles. The molecule has 2 unspecified atom stereocenters. The van der Waals surface area contributed by atoms with Gasteiger partial charge in [0, 0.05) is 25.7 Å². The largest absolute Gasteiger partial charge is 0.472 e. The summed E-state index contributed by atoms with van der Waals surface area (Å²) in [5.74, 6) is -0.599. The topological polar surface area (TPSA) is 237 Å². The third-order valence-electron chi connectivity index (χ3n) is 20.2. The van der Waals surface area contributed by atoms with E-state index in [0.29, 0.717) is 31.6 Å². The minimum Gasteiger partial charge on any atom is -0.462 e. The Kier molecular flexibility index (Phi) is 76.0. The fourth-order valence-corrected chi connectivity index (χ4v) is 15.0. The number of ether oxygens (including phenoxy) is 4. The molecule has 19 heteroatoms. The van der Waals surface area contributed by atoms with Crippen LogP contribution >= 0.6 is 15.6 Å². The Labute approximate surface area is 645 Å². The van der Waals surface area contributed by atoms with E-state index in [0.717, 1.165) is 102 Å². The number of hydrogen-bond donors (Lipinski definition) is 3. The van der Waals surface area contributed by atoms with Crippen LogP contribution in [-0.4, -0.2) is 96.7 Å². The second-order valence-electron chi connectivity index (χ2n) is 31.9. The Morgan fingerprint density at radius 1 is 0.257 bits per heavy atom. The Morgan fingerprint density at radius 2 is 0.438 bits per heavy atom. The van der Waals surface area contributed by atoms with Gasteiger partial charge < -0.3 is 33.8 Å². The molecule has 0 amide bonds. The van der Waals surface area contributed by atoms with Gasteiger partial charge in [-0.3, -0.25) is 37.3 Å². The molecule has 0 aromatic rings. The molecular weight excluding hydrogens is 1370 g/mol. The zero-order chi connectivity index (χ0) is 77.1. The summed E-state index contributed by atoms with van der Waals surface area (Å²) < 4.78 is 68.9. The molecule has 0 radical (unpaired) electrons. The quantitative estimate of drug-likeness (QED) is 0.0222. The molecule has 0 aromatic carbocycles. The van der Waals surface area contributed by atoms with E-state index in [1.54, 1.807) is 0 Å². The van der Waals surface area contributed by atoms with E-state index in [4.69, 9.17) is 37.0 Å². The minimum absolute atomic E-state index is 0.108. The van der Waals surface area contributed by atoms with E-state index in [2.05, 4.69) is 41.5 Å². The van der Waals surface area contributed by atoms with Crippen LogP contribution in [0.15, 0.2) is 0 Å². The standard InChI is InChI=1S/C86H168O17P2/c1-7-9-11-13-15-17-19-21-23-25-26-27-28-30-32-38-42-46-52-59-65-70-85(90)102-81(74-96-83(88)68-62-56-50-44-40-36-34-33-35-39-43-48-54-60-66-78(3)4)76-100-104(92,93)98-72-80(87)73-99-105(94,95)101-77-82(75-97-84(89)69-63-57-53-47-49-55-61-67-79(5)6)103-86(91)71-64-58-51-45-41-37-31-29-24-22-20-18-16-14-12-10-8-2/h78-82,87H,7-77H2,1-6H3,(H,92,93)(H,94,95)/t80-,81-,82-/m1/s1. The maximum atomic E-state index is 13.1. The number of phosphoric acid groups is 2. The first kappa shape index (κ1) is 103. The van der Waals surface area contributed by atoms with Gasteiger partial charge in [-0.15, -0.1) is 0 Å². The van der Waals surface area contributed by atoms with Crippen LogP contribution < -0.4 is 0 Å². The van der Waals surface area contributed by atoms with Crippen molar-refractivity contribution in [2.45, 2.75) is 477 Å². The summed E-state index contributed by atoms with van der Waals surface area (Å²) in [6.07, 6.45) is 69.6. The number of esters is 4. The van der Waals surface area contributed by atoms with Crippen LogP contribution in [0, 0.1) is 11.8 Å². The summed E-state index contributed by atoms with van der Waals surface area (Å²) in [5, 5.41) is 10.7. The van der Waals surface area contributed by atoms with Crippen LogP contribution in [0.4, 0.5) is 0 Å². The second-order valence-corrected chi connectivity index (χ2v) is 34.8. The van der Waals surface area contributed by atoms with Gasteiger partial charge in [-0.05, 0) is 37.5 Å². The number of hydrogen-bond acceptors (Lipinski definition) is 15. The molecule has 624 valence electrons. The van der Waals surface area contributed by atoms with Crippen LogP contribution in [0.2, 0.25) is 0 Å². The number of carbonyl (C=O) groups is 4. The van der Waals surface area contributed by atoms with Crippen molar-refractivity contribution in [1.82, 2.24) is 0 Å². The van der Waals surface area contributed by atoms with Crippen molar-refractivity contribution < 1.29 is 80.2 Å². The van der Waals surface area contributed by atoms with Gasteiger partial charge in [0.1, 0.15) is 19.3 Å². The summed E-state index contributed by atoms with van der Waals surface area (Å²) in [7, 11) is -9.93. The van der Waals surface area contributed by atoms with E-state index in [1.165, 1.54) is 270 Å². The van der Waals surface area contributed by atoms with Crippen LogP contribution in [0.1, 0.15) is 459 Å². The fraction of sp³-hybridized carbons (Fsp3) is 0.953. The van der Waals surface area contributed by atoms with Gasteiger partial charge in [0.05, 0.1) is 26.4 Å². The molecule has 0 heterocycles. The first-order valence-electron chi connectivity index (χ1n) is 44.5. The monoisotopic (exact) mass is 1540 g/mol. The molecule has 105 heavy (non-hydrogen) atoms. The molecule has 0 spiro atoms. The predicted octanol–water partition coefficient (Wildman–Crippen LogP) is 26.2. The normalized spacial score (nSPS) is 13.8. The van der Waals surface area contributed by atoms with Crippen LogP contribution in [0.25, 0.3) is 0 Å². The number of aliphatic hydroxyl groups is 1. The molecule has 0 rings (SSSR count). The molecule has 3 N–H and O–H groups in total. The molecule has 0 saturated carbocycles. The van der Waals surface area contributed by atoms with E-state index in [9.17, 15) is 43.2 Å². The highest BCUT2D eigenvalue weighted by atomic mass is 31.2. The van der Waals surface area contributed by atoms with E-state index in [-0.39, 0.29) is 25.7 Å². The molecule has 0 bridgehead atoms. The van der Waals surface area contributed by atoms with Crippen molar-refractivity contribution in [3.05, 3.63) is 0 Å². The van der Waals surface area contributed by atoms with Crippen molar-refractivity contribution in [2.24, 2.45) is 11.8 Å². The number of unbranched alkanes of at least 4 members (excludes halogenated alkanes) is 55. The molecule has 0 aliphatic rings. The summed E-state index contributed by atoms with van der Waals surface area (Å²) in [6, 6.07) is 0. The van der Waals surface area contributed by atoms with Gasteiger partial charge in [-0.2, -0.15) is 0 Å². The highest BCUT2D eigenvalue weighted by Crippen LogP contribution is 2.45. The average molecular weight is 1540 g/mol. The van der Waals surface area contributed by atoms with Gasteiger partial charge in [-0.1, -0.05) is 408 Å². The molecule has 0 aromatic heterocycles. The highest BCUT2D eigenvalue weighted by molar-refractivity contribution is 7.47. The first-order valence-corrected chi connectivity index (χ1v) is 47.5. The van der Waals surface area contributed by atoms with Crippen LogP contribution in [0.3, 0.4) is 0 Å². The predicted molar refractivity (Wildman–Crippen MR) is 432 cm³/mol. The number of phosphoric ester groups is 2. The Hall–Kier alpha value is -1.94. The zero-order valence-corrected chi connectivity index (χ0v) is 70.8. The summed E-state index contributed by atoms with van der Waals surface area (Å²) >= 11 is 0. The lowest BCUT2D eigenvalue weighted by atomic mass is 10.0. The zero-order valence-electron chi connectivity index (χ0n) is 69.0. The minimum atomic E-state index is -4.97. The van der Waals surface area contributed by atoms with Gasteiger partial charge in [0.2, 0.25) is 0 Å². The number of carbonyl (C=O) groups excluding carboxylic acids is 4. The van der Waals surface area contributed by atoms with E-state index < -0.39 is 97.5 Å². The maximum Gasteiger partial charge on any atom is 0.472 e. The number of aliphatic hydroxyl groups excluding tert-OH is 1. The Bertz CT molecular complexity index is 2010. The van der Waals surface area contributed by atoms with Crippen molar-refractivity contribution in [2.75, 3.05) is 39.6 Å². The average Bonchev–Trinajstić information content (AvgIpc) is 0.922. The van der Waals surface area contributed by atoms with Crippen molar-refractivity contribution in [3.8, 4) is 0 Å². The van der Waals surface area contributed by atoms with Gasteiger partial charge in [0.25, 0.3) is 0 Å². The Morgan fingerprint density at radius 3 is 0.648 bits per heavy atom. The van der Waals surface area contributed by atoms with E-state index in [1.807, 2.05) is 0 Å². The van der Waals surface area contributed by atoms with Crippen molar-refractivity contribution in [3.63, 3.8) is 0 Å². The molecule has 0 aliphatic heterocycles. The van der Waals surface area contributed by atoms with Gasteiger partial charge in [-0.25, -0.2) is 9.13 Å². The summed E-state index contributed by atoms with van der Waals surface area (Å²) in [6.45, 7) is 9.64. The highest BCUT2D eigenvalue weighted by Gasteiger charge is 2.30. The lowest BCUT2D eigenvalue weighted by Crippen LogP contribution is -2.30. The summed E-state index contributed by atoms with van der Waals surface area (Å²) in [5.41, 5.74) is 0. The molecule has 0 aliphatic carbocycles. The maximum absolute atomic E-state index is 13.1. The van der Waals surface area contributed by atoms with Gasteiger partial charge >= 0.3 is 39.5 Å². The SMILES string of the molecule is CCCCCCCCCCCCCCCCCCCCCCCC(=O)O[C@H](COC(=O)CCCCCCCCCCCCCCCCC(C)C)COP(=O)(O)OC[C@@H](O)COP(=O)(O)OC[C@@H](COC(=O)CCCCCCCCCC(C)C)OC(=O)CCCCCCCCCCCCCCCCCCC. The van der Waals surface area contributed by atoms with Crippen molar-refractivity contribution in [1.29, 1.82) is 0 Å². The smallest absolute Gasteiger partial charge is 0.462 e. The van der Waals surface area contributed by atoms with Crippen LogP contribution in [0.5, 0.6) is 0 Å². The first-order chi connectivity index (χ1) is 50.9. The van der Waals surface area contributed by atoms with Crippen LogP contribution in [-0.2, 0) is 65.4 Å². The number of rotatable bonds is 85. The van der Waals surface area contributed by atoms with Gasteiger partial charge in [0.15, 0.2) is 12.2 Å². The third kappa shape index (κ3) is 79.9. The molecule has 0 fully saturated rings. The van der Waals surface area contributed by atoms with E-state index >= 15 is 0 Å². The lowest BCUT2D eigenvalue weighted by Gasteiger charge is -2.21. The summed E-state index contributed by atoms with van der Waals surface area (Å²) in [4.78, 5) is 73.2. The third-order valence-corrected chi connectivity index (χ3v) is 22.1.